The van der Waals surface area contributed by atoms with E-state index in [1.165, 1.54) is 11.1 Å². The highest BCUT2D eigenvalue weighted by atomic mass is 14.8. The SMILES string of the molecule is C=C(N=C1C=CC=CC1=C(C)C)c1ccccc1. The fourth-order valence-corrected chi connectivity index (χ4v) is 1.83. The first-order valence-corrected chi connectivity index (χ1v) is 6.04. The first-order valence-electron chi connectivity index (χ1n) is 6.04. The topological polar surface area (TPSA) is 12.4 Å². The van der Waals surface area contributed by atoms with Crippen molar-refractivity contribution < 1.29 is 0 Å². The van der Waals surface area contributed by atoms with Crippen LogP contribution in [0, 0.1) is 0 Å². The Kier molecular flexibility index (Phi) is 3.73. The van der Waals surface area contributed by atoms with Crippen molar-refractivity contribution in [2.24, 2.45) is 4.99 Å². The first-order chi connectivity index (χ1) is 8.68. The van der Waals surface area contributed by atoms with Gasteiger partial charge in [-0.05, 0) is 31.1 Å². The van der Waals surface area contributed by atoms with E-state index in [-0.39, 0.29) is 0 Å². The predicted octanol–water partition coefficient (Wildman–Crippen LogP) is 4.56. The van der Waals surface area contributed by atoms with Gasteiger partial charge in [-0.15, -0.1) is 0 Å². The van der Waals surface area contributed by atoms with Crippen molar-refractivity contribution in [3.63, 3.8) is 0 Å². The van der Waals surface area contributed by atoms with Gasteiger partial charge in [-0.25, -0.2) is 4.99 Å². The largest absolute Gasteiger partial charge is 0.248 e. The Balaban J connectivity index is 2.34. The molecule has 0 unspecified atom stereocenters. The maximum atomic E-state index is 4.64. The second-order valence-corrected chi connectivity index (χ2v) is 4.44. The summed E-state index contributed by atoms with van der Waals surface area (Å²) in [5, 5.41) is 0. The molecule has 1 aliphatic carbocycles. The Morgan fingerprint density at radius 2 is 1.67 bits per heavy atom. The van der Waals surface area contributed by atoms with Crippen molar-refractivity contribution in [2.75, 3.05) is 0 Å². The molecule has 0 bridgehead atoms. The van der Waals surface area contributed by atoms with Crippen LogP contribution in [0.15, 0.2) is 77.4 Å². The summed E-state index contributed by atoms with van der Waals surface area (Å²) in [6.07, 6.45) is 8.15. The molecule has 0 saturated heterocycles. The number of allylic oxidation sites excluding steroid dienone is 6. The van der Waals surface area contributed by atoms with Crippen molar-refractivity contribution in [2.45, 2.75) is 13.8 Å². The van der Waals surface area contributed by atoms with E-state index >= 15 is 0 Å². The zero-order chi connectivity index (χ0) is 13.0. The van der Waals surface area contributed by atoms with Crippen LogP contribution in [-0.4, -0.2) is 5.71 Å². The summed E-state index contributed by atoms with van der Waals surface area (Å²) in [7, 11) is 0. The molecule has 0 amide bonds. The molecule has 0 aromatic heterocycles. The summed E-state index contributed by atoms with van der Waals surface area (Å²) in [6, 6.07) is 10.0. The summed E-state index contributed by atoms with van der Waals surface area (Å²) in [4.78, 5) is 4.64. The molecule has 0 saturated carbocycles. The highest BCUT2D eigenvalue weighted by Crippen LogP contribution is 2.19. The Morgan fingerprint density at radius 3 is 2.33 bits per heavy atom. The van der Waals surface area contributed by atoms with Gasteiger partial charge >= 0.3 is 0 Å². The summed E-state index contributed by atoms with van der Waals surface area (Å²) >= 11 is 0. The minimum Gasteiger partial charge on any atom is -0.248 e. The zero-order valence-electron chi connectivity index (χ0n) is 10.9. The third kappa shape index (κ3) is 2.75. The number of hydrogen-bond donors (Lipinski definition) is 0. The van der Waals surface area contributed by atoms with Gasteiger partial charge in [0.1, 0.15) is 0 Å². The third-order valence-corrected chi connectivity index (χ3v) is 2.81. The van der Waals surface area contributed by atoms with Crippen LogP contribution < -0.4 is 0 Å². The van der Waals surface area contributed by atoms with Crippen LogP contribution in [0.4, 0.5) is 0 Å². The molecular weight excluding hydrogens is 218 g/mol. The summed E-state index contributed by atoms with van der Waals surface area (Å²) in [5.74, 6) is 0. The van der Waals surface area contributed by atoms with Crippen LogP contribution in [0.3, 0.4) is 0 Å². The Labute approximate surface area is 109 Å². The minimum atomic E-state index is 0.796. The fourth-order valence-electron chi connectivity index (χ4n) is 1.83. The Hall–Kier alpha value is -2.15. The van der Waals surface area contributed by atoms with Gasteiger partial charge in [0.2, 0.25) is 0 Å². The lowest BCUT2D eigenvalue weighted by Gasteiger charge is -2.10. The molecule has 0 atom stereocenters. The van der Waals surface area contributed by atoms with Crippen LogP contribution >= 0.6 is 0 Å². The van der Waals surface area contributed by atoms with Gasteiger partial charge in [0, 0.05) is 0 Å². The molecule has 1 aromatic carbocycles. The van der Waals surface area contributed by atoms with E-state index in [0.717, 1.165) is 17.0 Å². The molecule has 0 heterocycles. The van der Waals surface area contributed by atoms with Crippen molar-refractivity contribution in [3.05, 3.63) is 77.9 Å². The number of rotatable bonds is 2. The van der Waals surface area contributed by atoms with Crippen molar-refractivity contribution >= 4 is 11.4 Å². The van der Waals surface area contributed by atoms with E-state index in [9.17, 15) is 0 Å². The fraction of sp³-hybridized carbons (Fsp3) is 0.118. The first kappa shape index (κ1) is 12.3. The van der Waals surface area contributed by atoms with Crippen molar-refractivity contribution in [1.29, 1.82) is 0 Å². The molecule has 0 fully saturated rings. The van der Waals surface area contributed by atoms with Gasteiger partial charge < -0.3 is 0 Å². The molecule has 2 rings (SSSR count). The average molecular weight is 235 g/mol. The van der Waals surface area contributed by atoms with E-state index in [1.807, 2.05) is 48.6 Å². The van der Waals surface area contributed by atoms with Gasteiger partial charge in [-0.1, -0.05) is 60.7 Å². The second kappa shape index (κ2) is 5.46. The normalized spacial score (nSPS) is 16.1. The molecule has 90 valence electrons. The second-order valence-electron chi connectivity index (χ2n) is 4.44. The van der Waals surface area contributed by atoms with E-state index in [2.05, 4.69) is 31.5 Å². The van der Waals surface area contributed by atoms with Gasteiger partial charge in [-0.3, -0.25) is 0 Å². The van der Waals surface area contributed by atoms with Crippen LogP contribution in [-0.2, 0) is 0 Å². The smallest absolute Gasteiger partial charge is 0.0708 e. The maximum Gasteiger partial charge on any atom is 0.0708 e. The lowest BCUT2D eigenvalue weighted by atomic mass is 10.0. The van der Waals surface area contributed by atoms with Crippen LogP contribution in [0.25, 0.3) is 5.70 Å². The lowest BCUT2D eigenvalue weighted by Crippen LogP contribution is -2.02. The standard InChI is InChI=1S/C17H17N/c1-13(2)16-11-7-8-12-17(16)18-14(3)15-9-5-4-6-10-15/h4-12H,3H2,1-2H3. The van der Waals surface area contributed by atoms with Crippen LogP contribution in [0.2, 0.25) is 0 Å². The lowest BCUT2D eigenvalue weighted by molar-refractivity contribution is 1.35. The molecule has 0 aliphatic heterocycles. The number of aliphatic imine (C=N–C) groups is 1. The average Bonchev–Trinajstić information content (AvgIpc) is 2.40. The summed E-state index contributed by atoms with van der Waals surface area (Å²) in [5.41, 5.74) is 5.27. The number of benzene rings is 1. The number of nitrogens with zero attached hydrogens (tertiary/aromatic N) is 1. The molecule has 18 heavy (non-hydrogen) atoms. The van der Waals surface area contributed by atoms with E-state index < -0.39 is 0 Å². The molecule has 1 aliphatic rings. The highest BCUT2D eigenvalue weighted by Gasteiger charge is 2.06. The monoisotopic (exact) mass is 235 g/mol. The molecule has 1 aromatic rings. The van der Waals surface area contributed by atoms with Gasteiger partial charge in [0.25, 0.3) is 0 Å². The highest BCUT2D eigenvalue weighted by molar-refractivity contribution is 6.13. The van der Waals surface area contributed by atoms with E-state index in [1.54, 1.807) is 0 Å². The van der Waals surface area contributed by atoms with Crippen LogP contribution in [0.1, 0.15) is 19.4 Å². The van der Waals surface area contributed by atoms with E-state index in [0.29, 0.717) is 0 Å². The zero-order valence-corrected chi connectivity index (χ0v) is 10.9. The van der Waals surface area contributed by atoms with Gasteiger partial charge in [-0.2, -0.15) is 0 Å². The van der Waals surface area contributed by atoms with Gasteiger partial charge in [0.15, 0.2) is 0 Å². The van der Waals surface area contributed by atoms with Gasteiger partial charge in [0.05, 0.1) is 11.4 Å². The van der Waals surface area contributed by atoms with Crippen molar-refractivity contribution in [3.8, 4) is 0 Å². The Morgan fingerprint density at radius 1 is 1.00 bits per heavy atom. The molecule has 0 spiro atoms. The summed E-state index contributed by atoms with van der Waals surface area (Å²) in [6.45, 7) is 8.24. The predicted molar refractivity (Wildman–Crippen MR) is 79.6 cm³/mol. The summed E-state index contributed by atoms with van der Waals surface area (Å²) < 4.78 is 0. The number of hydrogen-bond acceptors (Lipinski definition) is 1. The van der Waals surface area contributed by atoms with Crippen molar-refractivity contribution in [1.82, 2.24) is 0 Å². The molecular formula is C17H17N. The molecule has 0 N–H and O–H groups in total. The maximum absolute atomic E-state index is 4.64. The van der Waals surface area contributed by atoms with E-state index in [4.69, 9.17) is 0 Å². The molecule has 1 heteroatoms. The Bertz CT molecular complexity index is 565. The van der Waals surface area contributed by atoms with Crippen LogP contribution in [0.5, 0.6) is 0 Å². The quantitative estimate of drug-likeness (QED) is 0.712. The molecule has 1 nitrogen and oxygen atoms in total. The molecule has 0 radical (unpaired) electrons. The third-order valence-electron chi connectivity index (χ3n) is 2.81. The minimum absolute atomic E-state index is 0.796.